The normalized spacial score (nSPS) is 21.5. The number of piperidine rings is 1. The summed E-state index contributed by atoms with van der Waals surface area (Å²) in [6, 6.07) is 8.29. The van der Waals surface area contributed by atoms with Crippen molar-refractivity contribution in [2.45, 2.75) is 25.8 Å². The second-order valence-corrected chi connectivity index (χ2v) is 7.19. The zero-order valence-corrected chi connectivity index (χ0v) is 17.0. The molecule has 0 bridgehead atoms. The molecule has 4 rings (SSSR count). The predicted octanol–water partition coefficient (Wildman–Crippen LogP) is 3.72. The van der Waals surface area contributed by atoms with Crippen molar-refractivity contribution in [3.8, 4) is 11.3 Å². The highest BCUT2D eigenvalue weighted by atomic mass is 35.5. The van der Waals surface area contributed by atoms with Gasteiger partial charge in [0, 0.05) is 35.3 Å². The van der Waals surface area contributed by atoms with Crippen LogP contribution in [0.4, 0.5) is 11.8 Å². The summed E-state index contributed by atoms with van der Waals surface area (Å²) in [5, 5.41) is 4.33. The van der Waals surface area contributed by atoms with Crippen molar-refractivity contribution in [1.29, 1.82) is 0 Å². The highest BCUT2D eigenvalue weighted by Crippen LogP contribution is 2.34. The molecule has 0 saturated carbocycles. The second-order valence-electron chi connectivity index (χ2n) is 6.76. The highest BCUT2D eigenvalue weighted by Gasteiger charge is 2.35. The van der Waals surface area contributed by atoms with Crippen LogP contribution >= 0.6 is 36.4 Å². The molecule has 2 atom stereocenters. The number of rotatable bonds is 2. The SMILES string of the molecule is Cc1c(-c2cccc(Cl)c2)nc(N)nc1N1C[C@H]2CCCN[C@H]2C1.Cl.Cl. The molecule has 2 aliphatic heterocycles. The summed E-state index contributed by atoms with van der Waals surface area (Å²) < 4.78 is 0. The van der Waals surface area contributed by atoms with Crippen molar-refractivity contribution in [2.24, 2.45) is 5.92 Å². The molecule has 2 fully saturated rings. The molecule has 26 heavy (non-hydrogen) atoms. The van der Waals surface area contributed by atoms with Crippen LogP contribution in [0.5, 0.6) is 0 Å². The van der Waals surface area contributed by atoms with Crippen molar-refractivity contribution in [3.63, 3.8) is 0 Å². The van der Waals surface area contributed by atoms with Gasteiger partial charge in [-0.15, -0.1) is 24.8 Å². The fourth-order valence-electron chi connectivity index (χ4n) is 3.97. The third-order valence-corrected chi connectivity index (χ3v) is 5.37. The van der Waals surface area contributed by atoms with Gasteiger partial charge in [0.25, 0.3) is 0 Å². The molecule has 0 amide bonds. The van der Waals surface area contributed by atoms with Gasteiger partial charge in [0.2, 0.25) is 5.95 Å². The minimum Gasteiger partial charge on any atom is -0.368 e. The smallest absolute Gasteiger partial charge is 0.222 e. The first-order chi connectivity index (χ1) is 11.6. The van der Waals surface area contributed by atoms with Crippen molar-refractivity contribution in [2.75, 3.05) is 30.3 Å². The van der Waals surface area contributed by atoms with E-state index >= 15 is 0 Å². The molecule has 2 aromatic rings. The number of hydrogen-bond donors (Lipinski definition) is 2. The number of anilines is 2. The third kappa shape index (κ3) is 4.01. The maximum atomic E-state index is 6.14. The Balaban J connectivity index is 0.00000121. The average molecular weight is 417 g/mol. The lowest BCUT2D eigenvalue weighted by atomic mass is 9.94. The van der Waals surface area contributed by atoms with E-state index in [9.17, 15) is 0 Å². The minimum absolute atomic E-state index is 0. The van der Waals surface area contributed by atoms with Crippen molar-refractivity contribution in [1.82, 2.24) is 15.3 Å². The Morgan fingerprint density at radius 1 is 1.23 bits per heavy atom. The Hall–Kier alpha value is -1.27. The Morgan fingerprint density at radius 2 is 2.04 bits per heavy atom. The number of fused-ring (bicyclic) bond motifs is 1. The lowest BCUT2D eigenvalue weighted by Gasteiger charge is -2.24. The first kappa shape index (κ1) is 21.0. The number of aromatic nitrogens is 2. The van der Waals surface area contributed by atoms with Gasteiger partial charge in [0.05, 0.1) is 5.69 Å². The maximum Gasteiger partial charge on any atom is 0.222 e. The topological polar surface area (TPSA) is 67.1 Å². The molecular formula is C18H24Cl3N5. The van der Waals surface area contributed by atoms with E-state index < -0.39 is 0 Å². The molecular weight excluding hydrogens is 393 g/mol. The number of nitrogens with zero attached hydrogens (tertiary/aromatic N) is 3. The van der Waals surface area contributed by atoms with E-state index in [4.69, 9.17) is 17.3 Å². The molecule has 8 heteroatoms. The van der Waals surface area contributed by atoms with Gasteiger partial charge in [-0.1, -0.05) is 23.7 Å². The largest absolute Gasteiger partial charge is 0.368 e. The fourth-order valence-corrected chi connectivity index (χ4v) is 4.16. The molecule has 5 nitrogen and oxygen atoms in total. The third-order valence-electron chi connectivity index (χ3n) is 5.13. The monoisotopic (exact) mass is 415 g/mol. The molecule has 0 radical (unpaired) electrons. The van der Waals surface area contributed by atoms with Gasteiger partial charge in [-0.3, -0.25) is 0 Å². The van der Waals surface area contributed by atoms with Crippen LogP contribution < -0.4 is 16.0 Å². The lowest BCUT2D eigenvalue weighted by molar-refractivity contribution is 0.340. The molecule has 0 aliphatic carbocycles. The summed E-state index contributed by atoms with van der Waals surface area (Å²) in [5.74, 6) is 1.96. The van der Waals surface area contributed by atoms with Crippen molar-refractivity contribution < 1.29 is 0 Å². The minimum atomic E-state index is 0. The molecule has 0 spiro atoms. The van der Waals surface area contributed by atoms with E-state index in [0.717, 1.165) is 42.3 Å². The van der Waals surface area contributed by atoms with E-state index in [1.165, 1.54) is 12.8 Å². The van der Waals surface area contributed by atoms with Gasteiger partial charge in [-0.2, -0.15) is 4.98 Å². The average Bonchev–Trinajstić information content (AvgIpc) is 3.00. The summed E-state index contributed by atoms with van der Waals surface area (Å²) in [6.45, 7) is 5.20. The van der Waals surface area contributed by atoms with E-state index in [1.54, 1.807) is 0 Å². The van der Waals surface area contributed by atoms with Gasteiger partial charge in [0.15, 0.2) is 0 Å². The van der Waals surface area contributed by atoms with Crippen LogP contribution in [0.1, 0.15) is 18.4 Å². The zero-order valence-electron chi connectivity index (χ0n) is 14.6. The molecule has 3 N–H and O–H groups in total. The number of nitrogens with one attached hydrogen (secondary N) is 1. The van der Waals surface area contributed by atoms with Crippen LogP contribution in [0, 0.1) is 12.8 Å². The molecule has 3 heterocycles. The van der Waals surface area contributed by atoms with Gasteiger partial charge < -0.3 is 16.0 Å². The van der Waals surface area contributed by atoms with Crippen molar-refractivity contribution in [3.05, 3.63) is 34.9 Å². The molecule has 142 valence electrons. The maximum absolute atomic E-state index is 6.14. The summed E-state index contributed by atoms with van der Waals surface area (Å²) >= 11 is 6.14. The molecule has 2 saturated heterocycles. The number of benzene rings is 1. The van der Waals surface area contributed by atoms with E-state index in [1.807, 2.05) is 24.3 Å². The Morgan fingerprint density at radius 3 is 2.77 bits per heavy atom. The number of nitrogens with two attached hydrogens (primary N) is 1. The molecule has 0 unspecified atom stereocenters. The van der Waals surface area contributed by atoms with Crippen molar-refractivity contribution >= 4 is 48.2 Å². The standard InChI is InChI=1S/C18H22ClN5.2ClH/c1-11-16(12-4-2-6-14(19)8-12)22-18(20)23-17(11)24-9-13-5-3-7-21-15(13)10-24;;/h2,4,6,8,13,15,21H,3,5,7,9-10H2,1H3,(H2,20,22,23);2*1H/t13-,15+;;/m1../s1. The summed E-state index contributed by atoms with van der Waals surface area (Å²) in [5.41, 5.74) is 8.92. The van der Waals surface area contributed by atoms with Gasteiger partial charge in [-0.05, 0) is 44.4 Å². The summed E-state index contributed by atoms with van der Waals surface area (Å²) in [4.78, 5) is 11.4. The van der Waals surface area contributed by atoms with Crippen LogP contribution in [0.3, 0.4) is 0 Å². The zero-order chi connectivity index (χ0) is 16.7. The van der Waals surface area contributed by atoms with Crippen LogP contribution in [0.15, 0.2) is 24.3 Å². The number of hydrogen-bond acceptors (Lipinski definition) is 5. The Bertz CT molecular complexity index is 756. The van der Waals surface area contributed by atoms with E-state index in [2.05, 4.69) is 27.1 Å². The highest BCUT2D eigenvalue weighted by molar-refractivity contribution is 6.30. The van der Waals surface area contributed by atoms with Gasteiger partial charge in [-0.25, -0.2) is 4.98 Å². The number of halogens is 3. The number of nitrogen functional groups attached to an aromatic ring is 1. The second kappa shape index (κ2) is 8.61. The molecule has 1 aromatic heterocycles. The fraction of sp³-hybridized carbons (Fsp3) is 0.444. The summed E-state index contributed by atoms with van der Waals surface area (Å²) in [6.07, 6.45) is 2.54. The first-order valence-electron chi connectivity index (χ1n) is 8.50. The predicted molar refractivity (Wildman–Crippen MR) is 113 cm³/mol. The van der Waals surface area contributed by atoms with Crippen LogP contribution in [-0.2, 0) is 0 Å². The summed E-state index contributed by atoms with van der Waals surface area (Å²) in [7, 11) is 0. The van der Waals surface area contributed by atoms with Crippen LogP contribution in [-0.4, -0.2) is 35.6 Å². The van der Waals surface area contributed by atoms with Gasteiger partial charge >= 0.3 is 0 Å². The Labute approximate surface area is 171 Å². The quantitative estimate of drug-likeness (QED) is 0.781. The van der Waals surface area contributed by atoms with E-state index in [-0.39, 0.29) is 24.8 Å². The first-order valence-corrected chi connectivity index (χ1v) is 8.88. The Kier molecular flexibility index (Phi) is 6.97. The van der Waals surface area contributed by atoms with Crippen LogP contribution in [0.2, 0.25) is 5.02 Å². The lowest BCUT2D eigenvalue weighted by Crippen LogP contribution is -2.40. The van der Waals surface area contributed by atoms with Gasteiger partial charge in [0.1, 0.15) is 5.82 Å². The molecule has 2 aliphatic rings. The molecule has 1 aromatic carbocycles. The van der Waals surface area contributed by atoms with Crippen LogP contribution in [0.25, 0.3) is 11.3 Å². The van der Waals surface area contributed by atoms with E-state index in [0.29, 0.717) is 22.9 Å².